The molecule has 13 heteroatoms. The van der Waals surface area contributed by atoms with E-state index in [1.807, 2.05) is 84.6 Å². The first-order valence-electron chi connectivity index (χ1n) is 16.5. The van der Waals surface area contributed by atoms with Gasteiger partial charge in [0.15, 0.2) is 0 Å². The summed E-state index contributed by atoms with van der Waals surface area (Å²) in [6, 6.07) is 27.5. The molecule has 2 fully saturated rings. The number of carbonyl (C=O) groups excluding carboxylic acids is 3. The van der Waals surface area contributed by atoms with Crippen molar-refractivity contribution in [3.8, 4) is 0 Å². The van der Waals surface area contributed by atoms with Gasteiger partial charge in [-0.1, -0.05) is 91.3 Å². The molecule has 2 saturated heterocycles. The van der Waals surface area contributed by atoms with Crippen molar-refractivity contribution in [3.05, 3.63) is 107 Å². The van der Waals surface area contributed by atoms with Crippen molar-refractivity contribution in [1.82, 2.24) is 21.3 Å². The number of fused-ring (bicyclic) bond motifs is 1. The van der Waals surface area contributed by atoms with E-state index in [1.165, 1.54) is 0 Å². The highest BCUT2D eigenvalue weighted by Gasteiger charge is 2.43. The third-order valence-corrected chi connectivity index (χ3v) is 10.5. The van der Waals surface area contributed by atoms with E-state index in [-0.39, 0.29) is 35.8 Å². The normalized spacial score (nSPS) is 18.0. The van der Waals surface area contributed by atoms with Crippen LogP contribution in [-0.2, 0) is 26.1 Å². The number of nitrogen functional groups attached to an aromatic ring is 1. The molecule has 3 aromatic carbocycles. The van der Waals surface area contributed by atoms with E-state index >= 15 is 0 Å². The quantitative estimate of drug-likeness (QED) is 0.0368. The molecule has 0 bridgehead atoms. The summed E-state index contributed by atoms with van der Waals surface area (Å²) in [6.07, 6.45) is 5.34. The summed E-state index contributed by atoms with van der Waals surface area (Å²) in [4.78, 5) is 45.4. The minimum atomic E-state index is -0.905. The molecule has 49 heavy (non-hydrogen) atoms. The van der Waals surface area contributed by atoms with E-state index in [9.17, 15) is 14.4 Å². The number of unbranched alkanes of at least 4 members (excludes halogenated alkanes) is 2. The topological polar surface area (TPSA) is 186 Å². The van der Waals surface area contributed by atoms with E-state index in [1.54, 1.807) is 12.1 Å². The van der Waals surface area contributed by atoms with Gasteiger partial charge in [0, 0.05) is 36.1 Å². The average Bonchev–Trinajstić information content (AvgIpc) is 3.67. The molecule has 3 atom stereocenters. The zero-order chi connectivity index (χ0) is 35.1. The van der Waals surface area contributed by atoms with Gasteiger partial charge in [-0.3, -0.25) is 15.0 Å². The van der Waals surface area contributed by atoms with E-state index in [0.29, 0.717) is 36.7 Å². The summed E-state index contributed by atoms with van der Waals surface area (Å²) in [6.45, 7) is 0.906. The van der Waals surface area contributed by atoms with Crippen molar-refractivity contribution in [2.45, 2.75) is 74.2 Å². The van der Waals surface area contributed by atoms with Crippen LogP contribution in [0.25, 0.3) is 0 Å². The Bertz CT molecular complexity index is 1510. The van der Waals surface area contributed by atoms with Gasteiger partial charge in [0.25, 0.3) is 0 Å². The van der Waals surface area contributed by atoms with Gasteiger partial charge in [-0.15, -0.1) is 0 Å². The molecular formula is C36H45N6O5PS. The molecule has 260 valence electrons. The van der Waals surface area contributed by atoms with E-state index in [2.05, 4.69) is 21.3 Å². The van der Waals surface area contributed by atoms with Crippen LogP contribution in [-0.4, -0.2) is 58.2 Å². The van der Waals surface area contributed by atoms with Gasteiger partial charge >= 0.3 is 14.7 Å². The number of carbonyl (C=O) groups is 3. The summed E-state index contributed by atoms with van der Waals surface area (Å²) in [5.41, 5.74) is 8.11. The highest BCUT2D eigenvalue weighted by Crippen LogP contribution is 2.38. The number of benzene rings is 3. The van der Waals surface area contributed by atoms with Crippen molar-refractivity contribution in [3.63, 3.8) is 0 Å². The molecule has 0 radical (unpaired) electrons. The third-order valence-electron chi connectivity index (χ3n) is 9.02. The summed E-state index contributed by atoms with van der Waals surface area (Å²) >= 11 is 1.90. The molecule has 0 saturated carbocycles. The second-order valence-electron chi connectivity index (χ2n) is 12.2. The number of nitrogens with one attached hydrogen (secondary N) is 5. The van der Waals surface area contributed by atoms with Crippen LogP contribution >= 0.6 is 20.4 Å². The molecule has 8 N–H and O–H groups in total. The van der Waals surface area contributed by atoms with Gasteiger partial charge < -0.3 is 31.9 Å². The largest absolute Gasteiger partial charge is 0.384 e. The Hall–Kier alpha value is -4.25. The molecule has 0 spiro atoms. The number of urea groups is 1. The average molecular weight is 705 g/mol. The monoisotopic (exact) mass is 704 g/mol. The lowest BCUT2D eigenvalue weighted by Gasteiger charge is -2.34. The highest BCUT2D eigenvalue weighted by atomic mass is 32.2. The van der Waals surface area contributed by atoms with E-state index in [4.69, 9.17) is 20.6 Å². The van der Waals surface area contributed by atoms with Crippen molar-refractivity contribution in [2.24, 2.45) is 5.73 Å². The maximum absolute atomic E-state index is 14.2. The maximum Gasteiger partial charge on any atom is 0.324 e. The van der Waals surface area contributed by atoms with Gasteiger partial charge in [0.1, 0.15) is 5.84 Å². The minimum Gasteiger partial charge on any atom is -0.384 e. The van der Waals surface area contributed by atoms with Crippen LogP contribution in [0, 0.1) is 5.41 Å². The summed E-state index contributed by atoms with van der Waals surface area (Å²) in [7, 11) is -0.833. The van der Waals surface area contributed by atoms with Crippen LogP contribution < -0.4 is 27.0 Å². The zero-order valence-corrected chi connectivity index (χ0v) is 29.1. The first-order valence-corrected chi connectivity index (χ1v) is 18.3. The Morgan fingerprint density at radius 2 is 1.55 bits per heavy atom. The van der Waals surface area contributed by atoms with Crippen LogP contribution in [0.15, 0.2) is 84.9 Å². The highest BCUT2D eigenvalue weighted by molar-refractivity contribution is 8.00. The van der Waals surface area contributed by atoms with Gasteiger partial charge in [-0.25, -0.2) is 9.36 Å². The molecule has 0 aliphatic carbocycles. The number of amides is 4. The zero-order valence-electron chi connectivity index (χ0n) is 27.4. The fraction of sp³-hybridized carbons (Fsp3) is 0.389. The summed E-state index contributed by atoms with van der Waals surface area (Å²) in [5, 5.41) is 20.3. The summed E-state index contributed by atoms with van der Waals surface area (Å²) < 4.78 is 8.46. The molecule has 2 aliphatic heterocycles. The first kappa shape index (κ1) is 37.6. The van der Waals surface area contributed by atoms with Gasteiger partial charge in [0.2, 0.25) is 11.8 Å². The molecule has 2 heterocycles. The van der Waals surface area contributed by atoms with Crippen LogP contribution in [0.5, 0.6) is 0 Å². The number of hydrogen-bond acceptors (Lipinski definition) is 6. The summed E-state index contributed by atoms with van der Waals surface area (Å²) in [5.74, 6) is 0.930. The fourth-order valence-electron chi connectivity index (χ4n) is 6.52. The third kappa shape index (κ3) is 10.4. The Kier molecular flexibility index (Phi) is 14.6. The second-order valence-corrected chi connectivity index (χ2v) is 13.6. The molecule has 0 unspecified atom stereocenters. The van der Waals surface area contributed by atoms with Crippen molar-refractivity contribution >= 4 is 44.1 Å². The van der Waals surface area contributed by atoms with E-state index in [0.717, 1.165) is 54.5 Å². The van der Waals surface area contributed by atoms with Gasteiger partial charge in [-0.05, 0) is 48.8 Å². The molecule has 11 nitrogen and oxygen atoms in total. The SMILES string of the molecule is N=C(N)c1ccc(CNC(=O)C(CCCCNC(=O)CCCC[C@@H]2SC[C@@H]3NC(=O)N[C@@H]32)(c2ccccc2)c2ccccc2)cc1.O=PO. The Morgan fingerprint density at radius 1 is 0.918 bits per heavy atom. The van der Waals surface area contributed by atoms with Crippen molar-refractivity contribution in [1.29, 1.82) is 5.41 Å². The van der Waals surface area contributed by atoms with E-state index < -0.39 is 14.1 Å². The van der Waals surface area contributed by atoms with Crippen LogP contribution in [0.2, 0.25) is 0 Å². The predicted octanol–water partition coefficient (Wildman–Crippen LogP) is 4.77. The Morgan fingerprint density at radius 3 is 2.16 bits per heavy atom. The number of thioether (sulfide) groups is 1. The van der Waals surface area contributed by atoms with Crippen molar-refractivity contribution < 1.29 is 23.8 Å². The lowest BCUT2D eigenvalue weighted by molar-refractivity contribution is -0.126. The Labute approximate surface area is 293 Å². The lowest BCUT2D eigenvalue weighted by Crippen LogP contribution is -2.45. The number of hydrogen-bond donors (Lipinski definition) is 7. The van der Waals surface area contributed by atoms with Crippen LogP contribution in [0.4, 0.5) is 4.79 Å². The van der Waals surface area contributed by atoms with Crippen LogP contribution in [0.1, 0.15) is 67.2 Å². The van der Waals surface area contributed by atoms with Gasteiger partial charge in [0.05, 0.1) is 17.5 Å². The molecule has 0 aromatic heterocycles. The molecule has 4 amide bonds. The number of amidine groups is 1. The fourth-order valence-corrected chi connectivity index (χ4v) is 8.06. The molecule has 3 aromatic rings. The van der Waals surface area contributed by atoms with Crippen LogP contribution in [0.3, 0.4) is 0 Å². The minimum absolute atomic E-state index is 0.00895. The number of nitrogens with two attached hydrogens (primary N) is 1. The first-order chi connectivity index (χ1) is 23.8. The molecule has 2 aliphatic rings. The molecular weight excluding hydrogens is 659 g/mol. The van der Waals surface area contributed by atoms with Gasteiger partial charge in [-0.2, -0.15) is 11.8 Å². The standard InChI is InChI=1S/C36H44N6O3S.HO2P/c37-33(38)26-19-17-25(18-20-26)23-40-34(44)36(27-11-3-1-4-12-27,28-13-5-2-6-14-28)21-9-10-22-39-31(43)16-8-7-15-30-32-29(24-46-30)41-35(45)42-32;1-3-2/h1-6,11-14,17-20,29-30,32H,7-10,15-16,21-24H2,(H3,37,38)(H,39,43)(H,40,44)(H2,41,42,45);(H,1,2)/t29-,30-,32-;/m0./s1. The molecule has 5 rings (SSSR count). The van der Waals surface area contributed by atoms with Crippen molar-refractivity contribution in [2.75, 3.05) is 12.3 Å². The lowest BCUT2D eigenvalue weighted by atomic mass is 9.70. The predicted molar refractivity (Wildman–Crippen MR) is 194 cm³/mol. The Balaban J connectivity index is 0.00000174. The smallest absolute Gasteiger partial charge is 0.324 e. The number of rotatable bonds is 16. The maximum atomic E-state index is 14.2. The second kappa shape index (κ2) is 19.1.